The maximum Gasteiger partial charge on any atom is 0.319 e. The van der Waals surface area contributed by atoms with Gasteiger partial charge in [-0.1, -0.05) is 0 Å². The van der Waals surface area contributed by atoms with Crippen LogP contribution in [0, 0.1) is 11.3 Å². The van der Waals surface area contributed by atoms with Gasteiger partial charge in [-0.2, -0.15) is 5.26 Å². The summed E-state index contributed by atoms with van der Waals surface area (Å²) < 4.78 is 10.6. The molecule has 0 unspecified atom stereocenters. The Hall–Kier alpha value is -3.01. The van der Waals surface area contributed by atoms with Crippen LogP contribution in [0.3, 0.4) is 0 Å². The Bertz CT molecular complexity index is 1160. The molecule has 0 spiro atoms. The van der Waals surface area contributed by atoms with Gasteiger partial charge in [0, 0.05) is 64.5 Å². The van der Waals surface area contributed by atoms with E-state index in [2.05, 4.69) is 26.7 Å². The van der Waals surface area contributed by atoms with Gasteiger partial charge < -0.3 is 24.3 Å². The third-order valence-corrected chi connectivity index (χ3v) is 7.63. The zero-order valence-electron chi connectivity index (χ0n) is 20.1. The number of ether oxygens (including phenoxy) is 1. The molecule has 35 heavy (non-hydrogen) atoms. The van der Waals surface area contributed by atoms with Crippen LogP contribution in [-0.4, -0.2) is 108 Å². The van der Waals surface area contributed by atoms with Gasteiger partial charge >= 0.3 is 6.03 Å². The van der Waals surface area contributed by atoms with E-state index in [-0.39, 0.29) is 11.9 Å². The lowest BCUT2D eigenvalue weighted by Gasteiger charge is -2.37. The number of rotatable bonds is 5. The topological polar surface area (TPSA) is 109 Å². The molecular weight excluding hydrogens is 468 g/mol. The van der Waals surface area contributed by atoms with E-state index in [0.29, 0.717) is 63.8 Å². The molecule has 0 aromatic carbocycles. The van der Waals surface area contributed by atoms with Crippen molar-refractivity contribution in [1.82, 2.24) is 28.8 Å². The fourth-order valence-corrected chi connectivity index (χ4v) is 5.25. The second kappa shape index (κ2) is 9.56. The molecule has 0 bridgehead atoms. The average molecular weight is 499 g/mol. The Labute approximate surface area is 208 Å². The zero-order chi connectivity index (χ0) is 24.6. The number of fused-ring (bicyclic) bond motifs is 1. The monoisotopic (exact) mass is 498 g/mol. The minimum atomic E-state index is -0.473. The number of urea groups is 1. The summed E-state index contributed by atoms with van der Waals surface area (Å²) in [6, 6.07) is 4.42. The first kappa shape index (κ1) is 23.7. The molecule has 0 atom stereocenters. The Kier molecular flexibility index (Phi) is 6.48. The van der Waals surface area contributed by atoms with Crippen molar-refractivity contribution in [3.8, 4) is 6.07 Å². The van der Waals surface area contributed by atoms with Crippen LogP contribution in [-0.2, 0) is 4.74 Å². The molecule has 0 radical (unpaired) electrons. The van der Waals surface area contributed by atoms with Crippen LogP contribution < -0.4 is 9.62 Å². The first-order chi connectivity index (χ1) is 16.9. The summed E-state index contributed by atoms with van der Waals surface area (Å²) in [5, 5.41) is 9.46. The van der Waals surface area contributed by atoms with E-state index >= 15 is 0 Å². The smallest absolute Gasteiger partial charge is 0.319 e. The zero-order valence-corrected chi connectivity index (χ0v) is 20.9. The summed E-state index contributed by atoms with van der Waals surface area (Å²) in [4.78, 5) is 38.7. The van der Waals surface area contributed by atoms with Crippen molar-refractivity contribution < 1.29 is 14.3 Å². The fraction of sp³-hybridized carbons (Fsp3) is 0.565. The first-order valence-electron chi connectivity index (χ1n) is 11.9. The largest absolute Gasteiger partial charge is 0.378 e. The predicted octanol–water partition coefficient (Wildman–Crippen LogP) is 1.26. The number of morpholine rings is 1. The van der Waals surface area contributed by atoms with E-state index in [1.54, 1.807) is 30.1 Å². The number of hydrogen-bond acceptors (Lipinski definition) is 8. The number of nitrogens with one attached hydrogen (secondary N) is 1. The highest BCUT2D eigenvalue weighted by atomic mass is 32.2. The number of amides is 3. The van der Waals surface area contributed by atoms with Gasteiger partial charge in [-0.25, -0.2) is 14.5 Å². The Balaban J connectivity index is 1.45. The van der Waals surface area contributed by atoms with E-state index in [0.717, 1.165) is 23.4 Å². The van der Waals surface area contributed by atoms with Crippen molar-refractivity contribution in [1.29, 1.82) is 5.26 Å². The van der Waals surface area contributed by atoms with E-state index in [1.165, 1.54) is 11.9 Å². The van der Waals surface area contributed by atoms with Gasteiger partial charge in [-0.05, 0) is 30.9 Å². The molecular formula is C23H30N8O3S. The third kappa shape index (κ3) is 4.76. The van der Waals surface area contributed by atoms with E-state index in [9.17, 15) is 14.9 Å². The Morgan fingerprint density at radius 1 is 1.14 bits per heavy atom. The Morgan fingerprint density at radius 3 is 2.49 bits per heavy atom. The van der Waals surface area contributed by atoms with Gasteiger partial charge in [0.2, 0.25) is 0 Å². The molecule has 5 rings (SSSR count). The molecule has 3 fully saturated rings. The quantitative estimate of drug-likeness (QED) is 0.614. The number of hydrogen-bond donors (Lipinski definition) is 1. The minimum Gasteiger partial charge on any atom is -0.378 e. The molecule has 12 heteroatoms. The number of aromatic nitrogens is 2. The van der Waals surface area contributed by atoms with Crippen molar-refractivity contribution in [3.63, 3.8) is 0 Å². The van der Waals surface area contributed by atoms with Crippen LogP contribution in [0.2, 0.25) is 0 Å². The summed E-state index contributed by atoms with van der Waals surface area (Å²) in [5.41, 5.74) is 1.66. The van der Waals surface area contributed by atoms with Crippen LogP contribution in [0.25, 0.3) is 5.65 Å². The molecule has 1 aliphatic carbocycles. The minimum absolute atomic E-state index is 0.00810. The van der Waals surface area contributed by atoms with Crippen LogP contribution in [0.4, 0.5) is 10.5 Å². The lowest BCUT2D eigenvalue weighted by molar-refractivity contribution is 0.0298. The number of anilines is 1. The van der Waals surface area contributed by atoms with Gasteiger partial charge in [0.25, 0.3) is 5.91 Å². The van der Waals surface area contributed by atoms with Gasteiger partial charge in [0.1, 0.15) is 11.2 Å². The molecule has 2 aliphatic heterocycles. The summed E-state index contributed by atoms with van der Waals surface area (Å²) in [6.45, 7) is 4.73. The third-order valence-electron chi connectivity index (χ3n) is 6.68. The number of piperazine rings is 1. The number of imidazole rings is 1. The number of pyridine rings is 1. The number of nitriles is 1. The van der Waals surface area contributed by atoms with E-state index < -0.39 is 5.54 Å². The maximum atomic E-state index is 13.3. The first-order valence-corrected chi connectivity index (χ1v) is 12.7. The van der Waals surface area contributed by atoms with Gasteiger partial charge in [0.15, 0.2) is 5.65 Å². The van der Waals surface area contributed by atoms with Crippen molar-refractivity contribution in [2.24, 2.45) is 0 Å². The lowest BCUT2D eigenvalue weighted by Crippen LogP contribution is -2.51. The molecule has 4 heterocycles. The van der Waals surface area contributed by atoms with Gasteiger partial charge in [0.05, 0.1) is 31.2 Å². The van der Waals surface area contributed by atoms with Crippen molar-refractivity contribution in [3.05, 3.63) is 24.2 Å². The summed E-state index contributed by atoms with van der Waals surface area (Å²) in [7, 11) is 3.52. The highest BCUT2D eigenvalue weighted by Crippen LogP contribution is 2.38. The summed E-state index contributed by atoms with van der Waals surface area (Å²) >= 11 is 1.41. The molecule has 1 N–H and O–H groups in total. The second-order valence-corrected chi connectivity index (χ2v) is 10.2. The molecule has 3 amide bonds. The van der Waals surface area contributed by atoms with Crippen LogP contribution in [0.5, 0.6) is 0 Å². The molecule has 11 nitrogen and oxygen atoms in total. The summed E-state index contributed by atoms with van der Waals surface area (Å²) in [5.74, 6) is -0.0704. The van der Waals surface area contributed by atoms with Crippen LogP contribution >= 0.6 is 11.9 Å². The number of carbonyl (C=O) groups is 2. The van der Waals surface area contributed by atoms with E-state index in [4.69, 9.17) is 4.74 Å². The molecule has 2 saturated heterocycles. The molecule has 2 aromatic rings. The molecule has 3 aliphatic rings. The van der Waals surface area contributed by atoms with Crippen molar-refractivity contribution in [2.45, 2.75) is 23.3 Å². The number of nitrogens with zero attached hydrogens (tertiary/aromatic N) is 7. The summed E-state index contributed by atoms with van der Waals surface area (Å²) in [6.07, 6.45) is 5.22. The fourth-order valence-electron chi connectivity index (χ4n) is 4.36. The van der Waals surface area contributed by atoms with Crippen molar-refractivity contribution in [2.75, 3.05) is 71.5 Å². The van der Waals surface area contributed by atoms with Crippen molar-refractivity contribution >= 4 is 35.2 Å². The number of carbonyl (C=O) groups excluding carboxylic acids is 2. The van der Waals surface area contributed by atoms with E-state index in [1.807, 2.05) is 15.5 Å². The van der Waals surface area contributed by atoms with Gasteiger partial charge in [-0.15, -0.1) is 0 Å². The SMILES string of the molecule is CN(C)C(=O)N1CCN(c2cc(SNC3(C#N)CC3)cn3c(C(=O)N4CCOCC4)cnc23)CC1. The van der Waals surface area contributed by atoms with Crippen LogP contribution in [0.1, 0.15) is 23.3 Å². The maximum absolute atomic E-state index is 13.3. The van der Waals surface area contributed by atoms with Crippen LogP contribution in [0.15, 0.2) is 23.4 Å². The molecule has 186 valence electrons. The van der Waals surface area contributed by atoms with Gasteiger partial charge in [-0.3, -0.25) is 9.20 Å². The standard InChI is InChI=1S/C23H30N8O3S/c1-27(2)22(33)30-7-5-28(6-8-30)18-13-17(35-26-23(16-24)3-4-23)15-31-19(14-25-20(18)31)21(32)29-9-11-34-12-10-29/h13-15,26H,3-12H2,1-2H3. The highest BCUT2D eigenvalue weighted by Gasteiger charge is 2.43. The Morgan fingerprint density at radius 2 is 1.86 bits per heavy atom. The second-order valence-electron chi connectivity index (χ2n) is 9.35. The predicted molar refractivity (Wildman–Crippen MR) is 131 cm³/mol. The normalized spacial score (nSPS) is 19.5. The average Bonchev–Trinajstić information content (AvgIpc) is 3.56. The lowest BCUT2D eigenvalue weighted by atomic mass is 10.2. The highest BCUT2D eigenvalue weighted by molar-refractivity contribution is 7.97. The molecule has 2 aromatic heterocycles. The molecule has 1 saturated carbocycles.